The summed E-state index contributed by atoms with van der Waals surface area (Å²) in [7, 11) is 1.40. The van der Waals surface area contributed by atoms with E-state index in [2.05, 4.69) is 5.32 Å². The molecule has 0 heterocycles. The molecule has 1 aromatic carbocycles. The van der Waals surface area contributed by atoms with E-state index in [4.69, 9.17) is 9.84 Å². The molecule has 0 aromatic heterocycles. The van der Waals surface area contributed by atoms with E-state index in [1.54, 1.807) is 0 Å². The minimum atomic E-state index is -1.10. The smallest absolute Gasteiger partial charge is 0.328 e. The molecule has 0 saturated carbocycles. The average molecular weight is 265 g/mol. The van der Waals surface area contributed by atoms with E-state index in [1.807, 2.05) is 31.2 Å². The summed E-state index contributed by atoms with van der Waals surface area (Å²) in [4.78, 5) is 22.7. The molecule has 5 nitrogen and oxygen atoms in total. The maximum absolute atomic E-state index is 11.8. The molecule has 0 aliphatic rings. The second-order valence-electron chi connectivity index (χ2n) is 4.21. The highest BCUT2D eigenvalue weighted by atomic mass is 16.5. The molecule has 1 amide bonds. The van der Waals surface area contributed by atoms with Gasteiger partial charge in [0.1, 0.15) is 0 Å². The second kappa shape index (κ2) is 7.53. The van der Waals surface area contributed by atoms with Crippen molar-refractivity contribution >= 4 is 11.9 Å². The molecule has 1 unspecified atom stereocenters. The van der Waals surface area contributed by atoms with Crippen molar-refractivity contribution in [3.8, 4) is 0 Å². The van der Waals surface area contributed by atoms with Gasteiger partial charge in [0.2, 0.25) is 5.91 Å². The van der Waals surface area contributed by atoms with Crippen LogP contribution >= 0.6 is 0 Å². The molecule has 5 heteroatoms. The standard InChI is InChI=1S/C14H19NO4/c1-3-10-6-4-5-7-11(10)8-13(16)15-12(9-19-2)14(17)18/h4-7,12H,3,8-9H2,1-2H3,(H,15,16)(H,17,18). The maximum atomic E-state index is 11.8. The van der Waals surface area contributed by atoms with Crippen molar-refractivity contribution in [2.75, 3.05) is 13.7 Å². The Morgan fingerprint density at radius 3 is 2.47 bits per heavy atom. The van der Waals surface area contributed by atoms with Crippen LogP contribution in [-0.4, -0.2) is 36.7 Å². The Labute approximate surface area is 112 Å². The third-order valence-electron chi connectivity index (χ3n) is 2.82. The van der Waals surface area contributed by atoms with E-state index < -0.39 is 12.0 Å². The number of hydrogen-bond acceptors (Lipinski definition) is 3. The number of carboxylic acids is 1. The molecule has 104 valence electrons. The number of nitrogens with one attached hydrogen (secondary N) is 1. The van der Waals surface area contributed by atoms with Crippen LogP contribution in [-0.2, 0) is 27.2 Å². The molecule has 0 fully saturated rings. The third kappa shape index (κ3) is 4.71. The zero-order chi connectivity index (χ0) is 14.3. The number of carboxylic acid groups (broad SMARTS) is 1. The van der Waals surface area contributed by atoms with Crippen molar-refractivity contribution in [3.05, 3.63) is 35.4 Å². The van der Waals surface area contributed by atoms with Gasteiger partial charge in [0.15, 0.2) is 6.04 Å². The average Bonchev–Trinajstić information content (AvgIpc) is 2.38. The van der Waals surface area contributed by atoms with Crippen LogP contribution in [0.4, 0.5) is 0 Å². The Morgan fingerprint density at radius 2 is 1.95 bits per heavy atom. The van der Waals surface area contributed by atoms with Crippen LogP contribution in [0.1, 0.15) is 18.1 Å². The van der Waals surface area contributed by atoms with Gasteiger partial charge in [-0.15, -0.1) is 0 Å². The summed E-state index contributed by atoms with van der Waals surface area (Å²) in [6.07, 6.45) is 1.02. The molecule has 1 aromatic rings. The van der Waals surface area contributed by atoms with Crippen molar-refractivity contribution in [2.45, 2.75) is 25.8 Å². The van der Waals surface area contributed by atoms with Crippen LogP contribution in [0, 0.1) is 0 Å². The number of methoxy groups -OCH3 is 1. The fourth-order valence-corrected chi connectivity index (χ4v) is 1.83. The number of carbonyl (C=O) groups excluding carboxylic acids is 1. The Bertz CT molecular complexity index is 445. The Balaban J connectivity index is 2.66. The highest BCUT2D eigenvalue weighted by Gasteiger charge is 2.19. The predicted octanol–water partition coefficient (Wildman–Crippen LogP) is 1.01. The van der Waals surface area contributed by atoms with Crippen molar-refractivity contribution in [3.63, 3.8) is 0 Å². The molecule has 1 rings (SSSR count). The molecule has 1 atom stereocenters. The first-order chi connectivity index (χ1) is 9.08. The zero-order valence-electron chi connectivity index (χ0n) is 11.2. The predicted molar refractivity (Wildman–Crippen MR) is 71.0 cm³/mol. The van der Waals surface area contributed by atoms with Crippen LogP contribution in [0.2, 0.25) is 0 Å². The summed E-state index contributed by atoms with van der Waals surface area (Å²) >= 11 is 0. The van der Waals surface area contributed by atoms with Crippen molar-refractivity contribution in [1.29, 1.82) is 0 Å². The second-order valence-corrected chi connectivity index (χ2v) is 4.21. The number of ether oxygens (including phenoxy) is 1. The Morgan fingerprint density at radius 1 is 1.32 bits per heavy atom. The molecule has 0 aliphatic carbocycles. The van der Waals surface area contributed by atoms with Gasteiger partial charge < -0.3 is 15.2 Å². The normalized spacial score (nSPS) is 11.9. The highest BCUT2D eigenvalue weighted by Crippen LogP contribution is 2.10. The van der Waals surface area contributed by atoms with Gasteiger partial charge in [-0.3, -0.25) is 4.79 Å². The molecule has 0 spiro atoms. The lowest BCUT2D eigenvalue weighted by molar-refractivity contribution is -0.143. The van der Waals surface area contributed by atoms with E-state index >= 15 is 0 Å². The highest BCUT2D eigenvalue weighted by molar-refractivity contribution is 5.85. The van der Waals surface area contributed by atoms with E-state index in [1.165, 1.54) is 7.11 Å². The van der Waals surface area contributed by atoms with Gasteiger partial charge in [-0.1, -0.05) is 31.2 Å². The van der Waals surface area contributed by atoms with Gasteiger partial charge in [0, 0.05) is 7.11 Å². The number of aryl methyl sites for hydroxylation is 1. The molecule has 2 N–H and O–H groups in total. The van der Waals surface area contributed by atoms with Crippen molar-refractivity contribution < 1.29 is 19.4 Å². The van der Waals surface area contributed by atoms with Crippen LogP contribution < -0.4 is 5.32 Å². The molecular weight excluding hydrogens is 246 g/mol. The molecule has 0 radical (unpaired) electrons. The van der Waals surface area contributed by atoms with Crippen molar-refractivity contribution in [1.82, 2.24) is 5.32 Å². The van der Waals surface area contributed by atoms with Gasteiger partial charge in [-0.2, -0.15) is 0 Å². The number of hydrogen-bond donors (Lipinski definition) is 2. The van der Waals surface area contributed by atoms with Gasteiger partial charge in [0.05, 0.1) is 13.0 Å². The summed E-state index contributed by atoms with van der Waals surface area (Å²) in [5.74, 6) is -1.41. The SMILES string of the molecule is CCc1ccccc1CC(=O)NC(COC)C(=O)O. The summed E-state index contributed by atoms with van der Waals surface area (Å²) < 4.78 is 4.77. The topological polar surface area (TPSA) is 75.6 Å². The molecule has 0 bridgehead atoms. The van der Waals surface area contributed by atoms with Crippen molar-refractivity contribution in [2.24, 2.45) is 0 Å². The monoisotopic (exact) mass is 265 g/mol. The summed E-state index contributed by atoms with van der Waals surface area (Å²) in [5, 5.41) is 11.4. The first-order valence-electron chi connectivity index (χ1n) is 6.16. The number of rotatable bonds is 7. The van der Waals surface area contributed by atoms with E-state index in [0.717, 1.165) is 17.5 Å². The Kier molecular flexibility index (Phi) is 6.02. The van der Waals surface area contributed by atoms with E-state index in [9.17, 15) is 9.59 Å². The van der Waals surface area contributed by atoms with Gasteiger partial charge in [-0.05, 0) is 17.5 Å². The summed E-state index contributed by atoms with van der Waals surface area (Å²) in [6, 6.07) is 6.62. The molecule has 19 heavy (non-hydrogen) atoms. The number of amides is 1. The Hall–Kier alpha value is -1.88. The zero-order valence-corrected chi connectivity index (χ0v) is 11.2. The van der Waals surface area contributed by atoms with Gasteiger partial charge in [-0.25, -0.2) is 4.79 Å². The first kappa shape index (κ1) is 15.2. The lowest BCUT2D eigenvalue weighted by atomic mass is 10.0. The van der Waals surface area contributed by atoms with Crippen LogP contribution in [0.25, 0.3) is 0 Å². The lowest BCUT2D eigenvalue weighted by Gasteiger charge is -2.14. The fourth-order valence-electron chi connectivity index (χ4n) is 1.83. The van der Waals surface area contributed by atoms with Gasteiger partial charge in [0.25, 0.3) is 0 Å². The number of benzene rings is 1. The molecule has 0 saturated heterocycles. The minimum absolute atomic E-state index is 0.0451. The molecule has 0 aliphatic heterocycles. The van der Waals surface area contributed by atoms with Crippen LogP contribution in [0.3, 0.4) is 0 Å². The van der Waals surface area contributed by atoms with E-state index in [-0.39, 0.29) is 18.9 Å². The maximum Gasteiger partial charge on any atom is 0.328 e. The number of aliphatic carboxylic acids is 1. The fraction of sp³-hybridized carbons (Fsp3) is 0.429. The summed E-state index contributed by atoms with van der Waals surface area (Å²) in [6.45, 7) is 1.97. The molecular formula is C14H19NO4. The van der Waals surface area contributed by atoms with Crippen LogP contribution in [0.15, 0.2) is 24.3 Å². The quantitative estimate of drug-likeness (QED) is 0.771. The van der Waals surface area contributed by atoms with E-state index in [0.29, 0.717) is 0 Å². The minimum Gasteiger partial charge on any atom is -0.480 e. The third-order valence-corrected chi connectivity index (χ3v) is 2.82. The number of carbonyl (C=O) groups is 2. The lowest BCUT2D eigenvalue weighted by Crippen LogP contribution is -2.44. The van der Waals surface area contributed by atoms with Crippen LogP contribution in [0.5, 0.6) is 0 Å². The first-order valence-corrected chi connectivity index (χ1v) is 6.16. The summed E-state index contributed by atoms with van der Waals surface area (Å²) in [5.41, 5.74) is 2.01. The largest absolute Gasteiger partial charge is 0.480 e. The van der Waals surface area contributed by atoms with Gasteiger partial charge >= 0.3 is 5.97 Å².